The van der Waals surface area contributed by atoms with Crippen LogP contribution in [0.3, 0.4) is 0 Å². The summed E-state index contributed by atoms with van der Waals surface area (Å²) in [5.74, 6) is -15.5. The molecule has 4 heterocycles. The van der Waals surface area contributed by atoms with Crippen LogP contribution in [0.4, 0.5) is 0 Å². The number of nitrogens with one attached hydrogen (secondary N) is 13. The molecule has 592 valence electrons. The number of hydrogen-bond donors (Lipinski definition) is 18. The minimum absolute atomic E-state index is 0.00334. The highest BCUT2D eigenvalue weighted by molar-refractivity contribution is 7.98. The molecule has 13 amide bonds. The molecule has 2 aromatic carbocycles. The Labute approximate surface area is 633 Å². The molecule has 0 spiro atoms. The minimum atomic E-state index is -1.92. The maximum Gasteiger partial charge on any atom is 0.305 e. The van der Waals surface area contributed by atoms with Crippen LogP contribution in [0.15, 0.2) is 48.7 Å². The zero-order valence-corrected chi connectivity index (χ0v) is 62.6. The molecule has 0 radical (unpaired) electrons. The van der Waals surface area contributed by atoms with E-state index in [1.165, 1.54) is 16.7 Å². The molecular formula is C71H103N17O18S2. The summed E-state index contributed by atoms with van der Waals surface area (Å²) in [5, 5.41) is 57.0. The monoisotopic (exact) mass is 1550 g/mol. The molecule has 4 bridgehead atoms. The van der Waals surface area contributed by atoms with E-state index in [2.05, 4.69) is 63.5 Å². The van der Waals surface area contributed by atoms with Crippen molar-refractivity contribution in [3.8, 4) is 5.75 Å². The minimum Gasteiger partial charge on any atom is -0.494 e. The Morgan fingerprint density at radius 2 is 1.23 bits per heavy atom. The van der Waals surface area contributed by atoms with Gasteiger partial charge in [-0.25, -0.2) is 0 Å². The molecule has 3 aliphatic rings. The summed E-state index contributed by atoms with van der Waals surface area (Å²) >= 11 is 2.36. The number of carboxylic acids is 2. The number of nitrogens with two attached hydrogens (primary N) is 3. The fraction of sp³-hybridized carbons (Fsp3) is 0.577. The van der Waals surface area contributed by atoms with E-state index in [4.69, 9.17) is 27.3 Å². The van der Waals surface area contributed by atoms with Crippen molar-refractivity contribution >= 4 is 129 Å². The molecule has 108 heavy (non-hydrogen) atoms. The number of guanidine groups is 1. The molecule has 1 aromatic heterocycles. The molecule has 21 N–H and O–H groups in total. The number of carbonyl (C=O) groups is 15. The number of nitrogens with zero attached hydrogens (tertiary/aromatic N) is 1. The average molecular weight is 1550 g/mol. The van der Waals surface area contributed by atoms with Crippen molar-refractivity contribution < 1.29 is 86.9 Å². The summed E-state index contributed by atoms with van der Waals surface area (Å²) in [6.07, 6.45) is 1.82. The number of carboxylic acid groups (broad SMARTS) is 2. The van der Waals surface area contributed by atoms with E-state index < -0.39 is 194 Å². The summed E-state index contributed by atoms with van der Waals surface area (Å²) in [7, 11) is 0. The van der Waals surface area contributed by atoms with Crippen molar-refractivity contribution in [3.63, 3.8) is 0 Å². The summed E-state index contributed by atoms with van der Waals surface area (Å²) < 4.78 is 6.28. The first-order valence-corrected chi connectivity index (χ1v) is 38.7. The van der Waals surface area contributed by atoms with Crippen molar-refractivity contribution in [3.05, 3.63) is 65.4 Å². The van der Waals surface area contributed by atoms with Gasteiger partial charge in [0.25, 0.3) is 0 Å². The van der Waals surface area contributed by atoms with Crippen LogP contribution < -0.4 is 80.4 Å². The number of para-hydroxylation sites is 1. The third-order valence-electron chi connectivity index (χ3n) is 18.5. The highest BCUT2D eigenvalue weighted by atomic mass is 32.2. The van der Waals surface area contributed by atoms with Gasteiger partial charge in [0, 0.05) is 78.9 Å². The van der Waals surface area contributed by atoms with Gasteiger partial charge >= 0.3 is 11.9 Å². The van der Waals surface area contributed by atoms with Gasteiger partial charge in [0.05, 0.1) is 19.6 Å². The Hall–Kier alpha value is -10.2. The van der Waals surface area contributed by atoms with Gasteiger partial charge in [-0.1, -0.05) is 77.1 Å². The van der Waals surface area contributed by atoms with Gasteiger partial charge in [-0.3, -0.25) is 77.3 Å². The number of primary amides is 2. The third-order valence-corrected chi connectivity index (χ3v) is 20.7. The predicted octanol–water partition coefficient (Wildman–Crippen LogP) is -0.706. The van der Waals surface area contributed by atoms with Gasteiger partial charge in [-0.05, 0) is 98.6 Å². The summed E-state index contributed by atoms with van der Waals surface area (Å²) in [6, 6.07) is -3.17. The second-order valence-electron chi connectivity index (χ2n) is 27.0. The molecule has 3 aliphatic heterocycles. The molecule has 35 nitrogen and oxygen atoms in total. The average Bonchev–Trinajstić information content (AvgIpc) is 1.65. The number of unbranched alkanes of at least 4 members (excludes halogenated alkanes) is 1. The van der Waals surface area contributed by atoms with Gasteiger partial charge in [0.15, 0.2) is 5.96 Å². The van der Waals surface area contributed by atoms with Crippen LogP contribution in [0.25, 0.3) is 10.9 Å². The SMILES string of the molecule is CCCC[C@@H]1NC(=O)[C@@H]2CCCN2C(=O)[C@@H]2CSCc3cc(cc(c3)OCCCCCCC(=O)NCC(=O)N[C@@H](CCCNC(=N)N)C(=O)N2)CSC[C@@H](C(N)=O)NC(=O)[C@H](CCC(=O)O)NC(=O)[C@H](CCC(N)=O)NC(=O)[C@H](Cc2c[nH]c3ccccc23)NC(=O)[C@H]([C@@H](C)CC)NC(=O)[C@H](CC(=O)O)NC1=O. The van der Waals surface area contributed by atoms with Crippen LogP contribution in [0, 0.1) is 11.3 Å². The number of carbonyl (C=O) groups excluding carboxylic acids is 13. The molecule has 37 heteroatoms. The van der Waals surface area contributed by atoms with Crippen LogP contribution in [-0.2, 0) is 89.8 Å². The van der Waals surface area contributed by atoms with E-state index in [9.17, 15) is 77.3 Å². The van der Waals surface area contributed by atoms with Crippen LogP contribution in [0.1, 0.15) is 153 Å². The smallest absolute Gasteiger partial charge is 0.305 e. The maximum absolute atomic E-state index is 15.3. The summed E-state index contributed by atoms with van der Waals surface area (Å²) in [4.78, 5) is 214. The highest BCUT2D eigenvalue weighted by Gasteiger charge is 2.42. The van der Waals surface area contributed by atoms with Crippen LogP contribution in [-0.4, -0.2) is 213 Å². The Morgan fingerprint density at radius 1 is 0.639 bits per heavy atom. The number of aliphatic carboxylic acids is 2. The second-order valence-corrected chi connectivity index (χ2v) is 29.1. The number of aromatic amines is 1. The van der Waals surface area contributed by atoms with Crippen LogP contribution in [0.2, 0.25) is 0 Å². The number of amides is 13. The first kappa shape index (κ1) is 86.7. The zero-order chi connectivity index (χ0) is 79.0. The second kappa shape index (κ2) is 44.2. The van der Waals surface area contributed by atoms with E-state index >= 15 is 4.79 Å². The van der Waals surface area contributed by atoms with Gasteiger partial charge in [-0.2, -0.15) is 23.5 Å². The zero-order valence-electron chi connectivity index (χ0n) is 61.0. The van der Waals surface area contributed by atoms with Gasteiger partial charge in [0.2, 0.25) is 76.8 Å². The van der Waals surface area contributed by atoms with Crippen molar-refractivity contribution in [2.75, 3.05) is 37.7 Å². The van der Waals surface area contributed by atoms with Gasteiger partial charge < -0.3 is 101 Å². The highest BCUT2D eigenvalue weighted by Crippen LogP contribution is 2.28. The fourth-order valence-corrected chi connectivity index (χ4v) is 14.4. The number of aromatic nitrogens is 1. The molecule has 0 unspecified atom stereocenters. The first-order chi connectivity index (χ1) is 51.5. The lowest BCUT2D eigenvalue weighted by Crippen LogP contribution is -2.62. The van der Waals surface area contributed by atoms with Crippen molar-refractivity contribution in [1.82, 2.24) is 68.4 Å². The third kappa shape index (κ3) is 28.5. The maximum atomic E-state index is 15.3. The quantitative estimate of drug-likeness (QED) is 0.0378. The Morgan fingerprint density at radius 3 is 1.89 bits per heavy atom. The topological polar surface area (TPSA) is 559 Å². The largest absolute Gasteiger partial charge is 0.494 e. The van der Waals surface area contributed by atoms with E-state index in [1.54, 1.807) is 56.4 Å². The van der Waals surface area contributed by atoms with Crippen molar-refractivity contribution in [2.45, 2.75) is 215 Å². The first-order valence-electron chi connectivity index (χ1n) is 36.4. The molecule has 0 aliphatic carbocycles. The number of ether oxygens (including phenoxy) is 1. The predicted molar refractivity (Wildman–Crippen MR) is 399 cm³/mol. The molecule has 1 saturated heterocycles. The number of fused-ring (bicyclic) bond motifs is 7. The van der Waals surface area contributed by atoms with Crippen LogP contribution >= 0.6 is 23.5 Å². The molecular weight excluding hydrogens is 1440 g/mol. The number of rotatable bonds is 20. The van der Waals surface area contributed by atoms with Crippen molar-refractivity contribution in [1.29, 1.82) is 5.41 Å². The Bertz CT molecular complexity index is 3710. The molecule has 11 atom stereocenters. The number of H-pyrrole nitrogens is 1. The van der Waals surface area contributed by atoms with Crippen molar-refractivity contribution in [2.24, 2.45) is 23.1 Å². The summed E-state index contributed by atoms with van der Waals surface area (Å²) in [6.45, 7) is 4.93. The standard InChI is InChI=1S/C71H103N17O18S2/c1-4-6-16-47-63(98)83-51(32-59(94)95)67(102)87-60(39(3)5-2)69(104)84-50(31-42-33-77-45-17-11-10-15-44(42)45)66(101)81-48(21-23-55(72)89)64(99)80-49(22-24-58(92)93)65(100)85-52(61(73)96)37-107-35-40-28-41-30-43(29-40)106-27-12-8-7-9-20-56(90)78-34-57(91)79-46(18-13-25-76-71(74)75)62(97)86-53(38-108-36-41)70(105)88-26-14-19-54(88)68(103)82-47/h10-11,15,17,28-30,33,39,46-54,60,77H,4-9,12-14,16,18-27,31-32,34-38H2,1-3H3,(H2,72,89)(H2,73,96)(H,78,90)(H,79,91)(H,80,99)(H,81,101)(H,82,103)(H,83,98)(H,84,104)(H,85,100)(H,86,97)(H,87,102)(H,92,93)(H,94,95)(H4,74,75,76)/t39-,46-,47-,48-,49-,50-,51-,52-,53-,54-,60-/m0/s1. The van der Waals surface area contributed by atoms with E-state index in [-0.39, 0.29) is 100 Å². The number of hydrogen-bond acceptors (Lipinski definition) is 19. The molecule has 1 fully saturated rings. The van der Waals surface area contributed by atoms with E-state index in [0.717, 1.165) is 11.8 Å². The van der Waals surface area contributed by atoms with Gasteiger partial charge in [-0.15, -0.1) is 0 Å². The molecule has 3 aromatic rings. The molecule has 0 saturated carbocycles. The Balaban J connectivity index is 1.45. The lowest BCUT2D eigenvalue weighted by molar-refractivity contribution is -0.143. The van der Waals surface area contributed by atoms with Gasteiger partial charge in [0.1, 0.15) is 66.2 Å². The fourth-order valence-electron chi connectivity index (χ4n) is 12.4. The summed E-state index contributed by atoms with van der Waals surface area (Å²) in [5.41, 5.74) is 19.4. The molecule has 6 rings (SSSR count). The lowest BCUT2D eigenvalue weighted by atomic mass is 9.96. The van der Waals surface area contributed by atoms with E-state index in [0.29, 0.717) is 71.9 Å². The number of benzene rings is 2. The van der Waals surface area contributed by atoms with Crippen LogP contribution in [0.5, 0.6) is 5.75 Å². The number of thioether (sulfide) groups is 2. The van der Waals surface area contributed by atoms with E-state index in [1.807, 2.05) is 13.0 Å². The Kier molecular flexibility index (Phi) is 35.5. The normalized spacial score (nSPS) is 24.2. The lowest BCUT2D eigenvalue weighted by Gasteiger charge is -2.31.